The minimum Gasteiger partial charge on any atom is -0.220 e. The molecule has 0 radical (unpaired) electrons. The predicted octanol–water partition coefficient (Wildman–Crippen LogP) is 2.68. The average Bonchev–Trinajstić information content (AvgIpc) is 2.87. The van der Waals surface area contributed by atoms with Crippen molar-refractivity contribution in [1.29, 1.82) is 0 Å². The normalized spacial score (nSPS) is 17.5. The zero-order chi connectivity index (χ0) is 16.6. The first-order chi connectivity index (χ1) is 10.8. The Hall–Kier alpha value is -1.79. The average molecular weight is 334 g/mol. The van der Waals surface area contributed by atoms with E-state index in [1.54, 1.807) is 26.0 Å². The fourth-order valence-corrected chi connectivity index (χ4v) is 3.70. The molecular formula is C17H19FN2O2S. The molecule has 0 aliphatic heterocycles. The molecule has 1 aromatic carbocycles. The molecule has 1 N–H and O–H groups in total. The van der Waals surface area contributed by atoms with Crippen LogP contribution < -0.4 is 4.72 Å². The molecule has 0 fully saturated rings. The highest BCUT2D eigenvalue weighted by atomic mass is 32.2. The van der Waals surface area contributed by atoms with Crippen molar-refractivity contribution in [2.24, 2.45) is 0 Å². The Morgan fingerprint density at radius 3 is 2.61 bits per heavy atom. The van der Waals surface area contributed by atoms with Gasteiger partial charge in [-0.25, -0.2) is 18.1 Å². The van der Waals surface area contributed by atoms with Gasteiger partial charge in [0.05, 0.1) is 10.9 Å². The molecule has 0 amide bonds. The van der Waals surface area contributed by atoms with Crippen molar-refractivity contribution >= 4 is 10.0 Å². The molecule has 1 atom stereocenters. The van der Waals surface area contributed by atoms with Crippen molar-refractivity contribution in [1.82, 2.24) is 9.71 Å². The van der Waals surface area contributed by atoms with Gasteiger partial charge >= 0.3 is 0 Å². The third-order valence-corrected chi connectivity index (χ3v) is 6.00. The number of nitrogens with one attached hydrogen (secondary N) is 1. The first-order valence-corrected chi connectivity index (χ1v) is 9.15. The second-order valence-corrected chi connectivity index (χ2v) is 8.41. The summed E-state index contributed by atoms with van der Waals surface area (Å²) >= 11 is 0. The van der Waals surface area contributed by atoms with E-state index in [0.717, 1.165) is 16.7 Å². The minimum absolute atomic E-state index is 0.117. The highest BCUT2D eigenvalue weighted by molar-refractivity contribution is 7.90. The first-order valence-electron chi connectivity index (χ1n) is 7.61. The molecule has 0 saturated carbocycles. The Morgan fingerprint density at radius 1 is 1.17 bits per heavy atom. The van der Waals surface area contributed by atoms with Crippen molar-refractivity contribution in [2.75, 3.05) is 0 Å². The molecule has 0 saturated heterocycles. The summed E-state index contributed by atoms with van der Waals surface area (Å²) in [5.41, 5.74) is 3.64. The van der Waals surface area contributed by atoms with E-state index < -0.39 is 21.2 Å². The van der Waals surface area contributed by atoms with Crippen LogP contribution in [0.2, 0.25) is 0 Å². The molecule has 4 nitrogen and oxygen atoms in total. The minimum atomic E-state index is -3.28. The third kappa shape index (κ3) is 3.43. The summed E-state index contributed by atoms with van der Waals surface area (Å²) in [5, 5.41) is -0.446. The molecule has 2 aromatic rings. The Labute approximate surface area is 135 Å². The number of fused-ring (bicyclic) bond motifs is 1. The Morgan fingerprint density at radius 2 is 1.91 bits per heavy atom. The maximum atomic E-state index is 13.3. The summed E-state index contributed by atoms with van der Waals surface area (Å²) in [7, 11) is -3.28. The Bertz CT molecular complexity index is 834. The number of hydrogen-bond donors (Lipinski definition) is 1. The smallest absolute Gasteiger partial charge is 0.214 e. The molecule has 1 heterocycles. The zero-order valence-corrected chi connectivity index (χ0v) is 13.9. The van der Waals surface area contributed by atoms with Crippen LogP contribution in [0.15, 0.2) is 36.4 Å². The standard InChI is InChI=1S/C17H19FN2O2S/c1-11(2)23(21,22)20-15-9-12-6-7-13(8-14(12)10-15)16-4-3-5-17(18)19-16/h3-8,11,15,20H,9-10H2,1-2H3. The van der Waals surface area contributed by atoms with Crippen molar-refractivity contribution < 1.29 is 12.8 Å². The van der Waals surface area contributed by atoms with Gasteiger partial charge in [-0.3, -0.25) is 0 Å². The number of pyridine rings is 1. The van der Waals surface area contributed by atoms with Crippen molar-refractivity contribution in [3.8, 4) is 11.3 Å². The fourth-order valence-electron chi connectivity index (χ4n) is 2.80. The summed E-state index contributed by atoms with van der Waals surface area (Å²) in [6, 6.07) is 10.4. The maximum Gasteiger partial charge on any atom is 0.214 e. The van der Waals surface area contributed by atoms with E-state index >= 15 is 0 Å². The second-order valence-electron chi connectivity index (χ2n) is 6.15. The van der Waals surface area contributed by atoms with Crippen molar-refractivity contribution in [2.45, 2.75) is 38.0 Å². The van der Waals surface area contributed by atoms with Crippen LogP contribution in [0.1, 0.15) is 25.0 Å². The molecule has 3 rings (SSSR count). The van der Waals surface area contributed by atoms with Crippen molar-refractivity contribution in [3.05, 3.63) is 53.5 Å². The monoisotopic (exact) mass is 334 g/mol. The number of rotatable bonds is 4. The molecule has 0 bridgehead atoms. The van der Waals surface area contributed by atoms with Gasteiger partial charge in [-0.2, -0.15) is 4.39 Å². The molecule has 122 valence electrons. The summed E-state index contributed by atoms with van der Waals surface area (Å²) in [5.74, 6) is -0.509. The second kappa shape index (κ2) is 6.02. The van der Waals surface area contributed by atoms with Crippen LogP contribution in [0.4, 0.5) is 4.39 Å². The zero-order valence-electron chi connectivity index (χ0n) is 13.1. The molecular weight excluding hydrogens is 315 g/mol. The van der Waals surface area contributed by atoms with Crippen molar-refractivity contribution in [3.63, 3.8) is 0 Å². The summed E-state index contributed by atoms with van der Waals surface area (Å²) in [4.78, 5) is 3.89. The van der Waals surface area contributed by atoms with Gasteiger partial charge in [0.1, 0.15) is 0 Å². The summed E-state index contributed by atoms with van der Waals surface area (Å²) in [6.07, 6.45) is 1.32. The van der Waals surface area contributed by atoms with Crippen LogP contribution in [0.3, 0.4) is 0 Å². The molecule has 1 aromatic heterocycles. The maximum absolute atomic E-state index is 13.3. The predicted molar refractivity (Wildman–Crippen MR) is 88.0 cm³/mol. The van der Waals surface area contributed by atoms with Gasteiger partial charge < -0.3 is 0 Å². The largest absolute Gasteiger partial charge is 0.220 e. The van der Waals surface area contributed by atoms with Gasteiger partial charge in [0.25, 0.3) is 0 Å². The van der Waals surface area contributed by atoms with E-state index in [2.05, 4.69) is 9.71 Å². The highest BCUT2D eigenvalue weighted by Crippen LogP contribution is 2.28. The van der Waals surface area contributed by atoms with E-state index in [1.165, 1.54) is 6.07 Å². The molecule has 1 aliphatic rings. The number of aromatic nitrogens is 1. The van der Waals surface area contributed by atoms with E-state index in [1.807, 2.05) is 18.2 Å². The SMILES string of the molecule is CC(C)S(=O)(=O)NC1Cc2ccc(-c3cccc(F)n3)cc2C1. The van der Waals surface area contributed by atoms with E-state index in [0.29, 0.717) is 18.5 Å². The Balaban J connectivity index is 1.82. The summed E-state index contributed by atoms with van der Waals surface area (Å²) < 4.78 is 40.0. The van der Waals surface area contributed by atoms with Crippen LogP contribution in [0.5, 0.6) is 0 Å². The van der Waals surface area contributed by atoms with Gasteiger partial charge in [0.2, 0.25) is 16.0 Å². The van der Waals surface area contributed by atoms with Gasteiger partial charge in [-0.1, -0.05) is 18.2 Å². The highest BCUT2D eigenvalue weighted by Gasteiger charge is 2.27. The van der Waals surface area contributed by atoms with E-state index in [-0.39, 0.29) is 6.04 Å². The van der Waals surface area contributed by atoms with Gasteiger partial charge in [-0.15, -0.1) is 0 Å². The lowest BCUT2D eigenvalue weighted by atomic mass is 10.0. The van der Waals surface area contributed by atoms with Crippen LogP contribution >= 0.6 is 0 Å². The van der Waals surface area contributed by atoms with Crippen LogP contribution in [0, 0.1) is 5.95 Å². The molecule has 1 aliphatic carbocycles. The molecule has 23 heavy (non-hydrogen) atoms. The topological polar surface area (TPSA) is 59.1 Å². The third-order valence-electron chi connectivity index (χ3n) is 4.10. The van der Waals surface area contributed by atoms with E-state index in [4.69, 9.17) is 0 Å². The summed E-state index contributed by atoms with van der Waals surface area (Å²) in [6.45, 7) is 3.33. The first kappa shape index (κ1) is 16.1. The molecule has 6 heteroatoms. The number of sulfonamides is 1. The lowest BCUT2D eigenvalue weighted by Gasteiger charge is -2.14. The van der Waals surface area contributed by atoms with Gasteiger partial charge in [0, 0.05) is 11.6 Å². The quantitative estimate of drug-likeness (QED) is 0.875. The number of halogens is 1. The Kier molecular flexibility index (Phi) is 4.21. The number of benzene rings is 1. The molecule has 1 unspecified atom stereocenters. The lowest BCUT2D eigenvalue weighted by Crippen LogP contribution is -2.39. The molecule has 0 spiro atoms. The van der Waals surface area contributed by atoms with E-state index in [9.17, 15) is 12.8 Å². The van der Waals surface area contributed by atoms with Crippen LogP contribution in [-0.2, 0) is 22.9 Å². The van der Waals surface area contributed by atoms with Crippen LogP contribution in [0.25, 0.3) is 11.3 Å². The number of nitrogens with zero attached hydrogens (tertiary/aromatic N) is 1. The van der Waals surface area contributed by atoms with Gasteiger partial charge in [-0.05, 0) is 56.0 Å². The lowest BCUT2D eigenvalue weighted by molar-refractivity contribution is 0.547. The fraction of sp³-hybridized carbons (Fsp3) is 0.353. The van der Waals surface area contributed by atoms with Crippen LogP contribution in [-0.4, -0.2) is 24.7 Å². The van der Waals surface area contributed by atoms with Gasteiger partial charge in [0.15, 0.2) is 0 Å². The number of hydrogen-bond acceptors (Lipinski definition) is 3.